The highest BCUT2D eigenvalue weighted by molar-refractivity contribution is 7.99. The highest BCUT2D eigenvalue weighted by Gasteiger charge is 2.06. The highest BCUT2D eigenvalue weighted by Crippen LogP contribution is 2.18. The monoisotopic (exact) mass is 323 g/mol. The van der Waals surface area contributed by atoms with Gasteiger partial charge in [0.1, 0.15) is 5.75 Å². The van der Waals surface area contributed by atoms with Gasteiger partial charge in [0, 0.05) is 11.4 Å². The van der Waals surface area contributed by atoms with Crippen molar-refractivity contribution in [3.8, 4) is 5.75 Å². The Morgan fingerprint density at radius 3 is 2.41 bits per heavy atom. The van der Waals surface area contributed by atoms with Gasteiger partial charge in [0.25, 0.3) is 0 Å². The Bertz CT molecular complexity index is 591. The summed E-state index contributed by atoms with van der Waals surface area (Å²) in [5.74, 6) is 1.01. The van der Waals surface area contributed by atoms with Crippen molar-refractivity contribution in [2.24, 2.45) is 0 Å². The van der Waals surface area contributed by atoms with Crippen molar-refractivity contribution in [3.05, 3.63) is 60.2 Å². The lowest BCUT2D eigenvalue weighted by Crippen LogP contribution is -2.14. The van der Waals surface area contributed by atoms with Crippen LogP contribution in [0.15, 0.2) is 54.6 Å². The number of hydrogen-bond donors (Lipinski definition) is 1. The first-order valence-corrected chi connectivity index (χ1v) is 7.75. The van der Waals surface area contributed by atoms with Crippen LogP contribution in [0.4, 0.5) is 14.5 Å². The van der Waals surface area contributed by atoms with E-state index in [4.69, 9.17) is 0 Å². The van der Waals surface area contributed by atoms with Gasteiger partial charge in [-0.2, -0.15) is 8.78 Å². The molecular weight excluding hydrogens is 308 g/mol. The third-order valence-electron chi connectivity index (χ3n) is 2.71. The molecule has 0 saturated heterocycles. The fraction of sp³-hybridized carbons (Fsp3) is 0.188. The number of alkyl halides is 2. The van der Waals surface area contributed by atoms with Crippen LogP contribution in [-0.2, 0) is 10.5 Å². The fourth-order valence-electron chi connectivity index (χ4n) is 1.75. The summed E-state index contributed by atoms with van der Waals surface area (Å²) in [4.78, 5) is 11.8. The average Bonchev–Trinajstić information content (AvgIpc) is 2.50. The zero-order valence-corrected chi connectivity index (χ0v) is 12.5. The molecule has 0 unspecified atom stereocenters. The molecule has 0 aliphatic rings. The summed E-state index contributed by atoms with van der Waals surface area (Å²) < 4.78 is 28.3. The molecule has 0 aliphatic carbocycles. The minimum Gasteiger partial charge on any atom is -0.435 e. The number of hydrogen-bond acceptors (Lipinski definition) is 3. The second-order valence-electron chi connectivity index (χ2n) is 4.43. The Morgan fingerprint density at radius 2 is 1.77 bits per heavy atom. The molecule has 2 rings (SSSR count). The lowest BCUT2D eigenvalue weighted by Gasteiger charge is -2.07. The number of nitrogens with one attached hydrogen (secondary N) is 1. The number of anilines is 1. The van der Waals surface area contributed by atoms with Crippen LogP contribution in [-0.4, -0.2) is 18.3 Å². The average molecular weight is 323 g/mol. The Labute approximate surface area is 131 Å². The van der Waals surface area contributed by atoms with E-state index in [2.05, 4.69) is 10.1 Å². The number of carbonyl (C=O) groups is 1. The van der Waals surface area contributed by atoms with Crippen LogP contribution in [0.2, 0.25) is 0 Å². The molecule has 0 atom stereocenters. The minimum atomic E-state index is -2.85. The highest BCUT2D eigenvalue weighted by atomic mass is 32.2. The summed E-state index contributed by atoms with van der Waals surface area (Å²) in [6.07, 6.45) is 0. The first kappa shape index (κ1) is 16.3. The number of amides is 1. The van der Waals surface area contributed by atoms with E-state index in [1.165, 1.54) is 36.0 Å². The molecule has 3 nitrogen and oxygen atoms in total. The van der Waals surface area contributed by atoms with Crippen molar-refractivity contribution in [1.29, 1.82) is 0 Å². The Kier molecular flexibility index (Phi) is 6.21. The van der Waals surface area contributed by atoms with Gasteiger partial charge in [0.2, 0.25) is 5.91 Å². The quantitative estimate of drug-likeness (QED) is 0.831. The smallest absolute Gasteiger partial charge is 0.387 e. The van der Waals surface area contributed by atoms with Crippen molar-refractivity contribution >= 4 is 23.4 Å². The van der Waals surface area contributed by atoms with Crippen LogP contribution in [0.5, 0.6) is 5.75 Å². The third-order valence-corrected chi connectivity index (χ3v) is 3.71. The number of benzene rings is 2. The minimum absolute atomic E-state index is 0.0615. The summed E-state index contributed by atoms with van der Waals surface area (Å²) in [7, 11) is 0. The van der Waals surface area contributed by atoms with Crippen LogP contribution < -0.4 is 10.1 Å². The predicted octanol–water partition coefficient (Wildman–Crippen LogP) is 4.16. The maximum absolute atomic E-state index is 12.0. The maximum Gasteiger partial charge on any atom is 0.387 e. The van der Waals surface area contributed by atoms with Gasteiger partial charge >= 0.3 is 6.61 Å². The maximum atomic E-state index is 12.0. The van der Waals surface area contributed by atoms with Crippen molar-refractivity contribution in [2.75, 3.05) is 11.1 Å². The van der Waals surface area contributed by atoms with Crippen molar-refractivity contribution in [1.82, 2.24) is 0 Å². The van der Waals surface area contributed by atoms with E-state index in [-0.39, 0.29) is 11.7 Å². The number of carbonyl (C=O) groups excluding carboxylic acids is 1. The van der Waals surface area contributed by atoms with Gasteiger partial charge in [0.05, 0.1) is 5.75 Å². The zero-order valence-electron chi connectivity index (χ0n) is 11.7. The van der Waals surface area contributed by atoms with Crippen LogP contribution >= 0.6 is 11.8 Å². The van der Waals surface area contributed by atoms with Gasteiger partial charge in [-0.3, -0.25) is 4.79 Å². The second-order valence-corrected chi connectivity index (χ2v) is 5.42. The molecule has 0 radical (unpaired) electrons. The second kappa shape index (κ2) is 8.38. The largest absolute Gasteiger partial charge is 0.435 e. The topological polar surface area (TPSA) is 38.3 Å². The van der Waals surface area contributed by atoms with E-state index in [0.717, 1.165) is 11.3 Å². The summed E-state index contributed by atoms with van der Waals surface area (Å²) in [6.45, 7) is -2.85. The van der Waals surface area contributed by atoms with Crippen molar-refractivity contribution < 1.29 is 18.3 Å². The molecule has 116 valence electrons. The standard InChI is InChI=1S/C16H15F2NO2S/c17-16(18)21-14-8-6-13(7-9-14)19-15(20)11-22-10-12-4-2-1-3-5-12/h1-9,16H,10-11H2,(H,19,20). The Hall–Kier alpha value is -2.08. The molecule has 0 fully saturated rings. The van der Waals surface area contributed by atoms with Crippen LogP contribution in [0, 0.1) is 0 Å². The Balaban J connectivity index is 1.74. The molecule has 0 spiro atoms. The molecule has 2 aromatic rings. The van der Waals surface area contributed by atoms with Gasteiger partial charge in [-0.05, 0) is 29.8 Å². The van der Waals surface area contributed by atoms with Crippen LogP contribution in [0.3, 0.4) is 0 Å². The molecule has 0 aromatic heterocycles. The SMILES string of the molecule is O=C(CSCc1ccccc1)Nc1ccc(OC(F)F)cc1. The Morgan fingerprint density at radius 1 is 1.09 bits per heavy atom. The molecule has 0 aliphatic heterocycles. The predicted molar refractivity (Wildman–Crippen MR) is 84.3 cm³/mol. The summed E-state index contributed by atoms with van der Waals surface area (Å²) >= 11 is 1.51. The summed E-state index contributed by atoms with van der Waals surface area (Å²) in [6, 6.07) is 15.7. The third kappa shape index (κ3) is 5.73. The van der Waals surface area contributed by atoms with E-state index in [1.54, 1.807) is 0 Å². The van der Waals surface area contributed by atoms with Crippen molar-refractivity contribution in [2.45, 2.75) is 12.4 Å². The van der Waals surface area contributed by atoms with E-state index in [0.29, 0.717) is 11.4 Å². The molecule has 0 saturated carbocycles. The first-order valence-electron chi connectivity index (χ1n) is 6.60. The summed E-state index contributed by atoms with van der Waals surface area (Å²) in [5, 5.41) is 2.71. The van der Waals surface area contributed by atoms with E-state index in [1.807, 2.05) is 30.3 Å². The molecule has 2 aromatic carbocycles. The molecule has 6 heteroatoms. The number of thioether (sulfide) groups is 1. The lowest BCUT2D eigenvalue weighted by molar-refractivity contribution is -0.113. The van der Waals surface area contributed by atoms with Gasteiger partial charge in [-0.1, -0.05) is 30.3 Å². The van der Waals surface area contributed by atoms with Gasteiger partial charge < -0.3 is 10.1 Å². The zero-order chi connectivity index (χ0) is 15.8. The molecule has 1 amide bonds. The van der Waals surface area contributed by atoms with Gasteiger partial charge in [-0.25, -0.2) is 0 Å². The molecule has 1 N–H and O–H groups in total. The van der Waals surface area contributed by atoms with Crippen LogP contribution in [0.25, 0.3) is 0 Å². The molecule has 0 bridgehead atoms. The number of halogens is 2. The normalized spacial score (nSPS) is 10.5. The first-order chi connectivity index (χ1) is 10.6. The van der Waals surface area contributed by atoms with E-state index >= 15 is 0 Å². The van der Waals surface area contributed by atoms with Crippen molar-refractivity contribution in [3.63, 3.8) is 0 Å². The van der Waals surface area contributed by atoms with Gasteiger partial charge in [-0.15, -0.1) is 11.8 Å². The lowest BCUT2D eigenvalue weighted by atomic mass is 10.2. The summed E-state index contributed by atoms with van der Waals surface area (Å²) in [5.41, 5.74) is 1.71. The molecule has 0 heterocycles. The van der Waals surface area contributed by atoms with E-state index < -0.39 is 6.61 Å². The number of rotatable bonds is 7. The number of ether oxygens (including phenoxy) is 1. The van der Waals surface area contributed by atoms with E-state index in [9.17, 15) is 13.6 Å². The fourth-order valence-corrected chi connectivity index (χ4v) is 2.54. The van der Waals surface area contributed by atoms with Gasteiger partial charge in [0.15, 0.2) is 0 Å². The molecular formula is C16H15F2NO2S. The van der Waals surface area contributed by atoms with Crippen LogP contribution in [0.1, 0.15) is 5.56 Å². The molecule has 22 heavy (non-hydrogen) atoms.